The molecule has 10 nitrogen and oxygen atoms in total. The fourth-order valence-electron chi connectivity index (χ4n) is 7.07. The van der Waals surface area contributed by atoms with E-state index >= 15 is 0 Å². The second-order valence-corrected chi connectivity index (χ2v) is 13.1. The molecule has 1 aliphatic carbocycles. The van der Waals surface area contributed by atoms with Gasteiger partial charge in [0.15, 0.2) is 16.8 Å². The summed E-state index contributed by atoms with van der Waals surface area (Å²) in [6.07, 6.45) is -2.03. The highest BCUT2D eigenvalue weighted by Gasteiger charge is 2.66. The van der Waals surface area contributed by atoms with Crippen LogP contribution >= 0.6 is 0 Å². The predicted octanol–water partition coefficient (Wildman–Crippen LogP) is 3.51. The Balaban J connectivity index is 1.36. The molecule has 0 saturated carbocycles. The number of epoxide rings is 2. The van der Waals surface area contributed by atoms with Gasteiger partial charge in [-0.05, 0) is 72.8 Å². The fraction of sp³-hybridized carbons (Fsp3) is 0.485. The molecule has 43 heavy (non-hydrogen) atoms. The van der Waals surface area contributed by atoms with Crippen molar-refractivity contribution in [3.8, 4) is 5.75 Å². The van der Waals surface area contributed by atoms with Crippen molar-refractivity contribution in [2.45, 2.75) is 88.8 Å². The summed E-state index contributed by atoms with van der Waals surface area (Å²) >= 11 is 0. The molecule has 226 valence electrons. The second-order valence-electron chi connectivity index (χ2n) is 13.1. The number of nitrogens with zero attached hydrogens (tertiary/aromatic N) is 1. The first kappa shape index (κ1) is 28.4. The number of fused-ring (bicyclic) bond motifs is 4. The average Bonchev–Trinajstić information content (AvgIpc) is 3.85. The van der Waals surface area contributed by atoms with Crippen molar-refractivity contribution in [2.24, 2.45) is 0 Å². The number of aliphatic hydroxyl groups is 1. The van der Waals surface area contributed by atoms with E-state index in [2.05, 4.69) is 0 Å². The molecule has 7 rings (SSSR count). The molecule has 2 N–H and O–H groups in total. The van der Waals surface area contributed by atoms with Gasteiger partial charge in [0.2, 0.25) is 5.78 Å². The molecule has 3 aliphatic heterocycles. The number of hydrogen-bond donors (Lipinski definition) is 2. The molecule has 0 unspecified atom stereocenters. The Morgan fingerprint density at radius 2 is 1.65 bits per heavy atom. The van der Waals surface area contributed by atoms with Crippen LogP contribution in [0.25, 0.3) is 11.0 Å². The third-order valence-electron chi connectivity index (χ3n) is 10.2. The monoisotopic (exact) mass is 589 g/mol. The van der Waals surface area contributed by atoms with Crippen LogP contribution in [0.4, 0.5) is 0 Å². The second kappa shape index (κ2) is 9.06. The van der Waals surface area contributed by atoms with E-state index in [0.717, 1.165) is 0 Å². The number of hydrogen-bond acceptors (Lipinski definition) is 10. The predicted molar refractivity (Wildman–Crippen MR) is 155 cm³/mol. The molecule has 0 radical (unpaired) electrons. The number of ether oxygens (including phenoxy) is 3. The lowest BCUT2D eigenvalue weighted by Gasteiger charge is -2.49. The van der Waals surface area contributed by atoms with E-state index in [1.807, 2.05) is 39.8 Å². The van der Waals surface area contributed by atoms with Gasteiger partial charge in [-0.15, -0.1) is 0 Å². The normalized spacial score (nSPS) is 34.8. The third kappa shape index (κ3) is 3.87. The van der Waals surface area contributed by atoms with Crippen molar-refractivity contribution in [1.82, 2.24) is 4.90 Å². The zero-order chi connectivity index (χ0) is 30.9. The van der Waals surface area contributed by atoms with Gasteiger partial charge in [-0.1, -0.05) is 6.07 Å². The summed E-state index contributed by atoms with van der Waals surface area (Å²) in [5.41, 5.74) is -1.14. The number of aliphatic hydroxyl groups excluding tert-OH is 1. The van der Waals surface area contributed by atoms with Crippen LogP contribution < -0.4 is 5.43 Å². The Bertz CT molecular complexity index is 1810. The van der Waals surface area contributed by atoms with E-state index < -0.39 is 41.0 Å². The molecule has 3 saturated heterocycles. The molecule has 8 atom stereocenters. The Morgan fingerprint density at radius 1 is 0.953 bits per heavy atom. The summed E-state index contributed by atoms with van der Waals surface area (Å²) in [5, 5.41) is 22.7. The molecule has 0 spiro atoms. The molecular weight excluding hydrogens is 554 g/mol. The number of ketones is 2. The minimum Gasteiger partial charge on any atom is -0.507 e. The molecule has 3 aromatic rings. The van der Waals surface area contributed by atoms with E-state index in [9.17, 15) is 24.6 Å². The standard InChI is InChI=1S/C33H35NO9/c1-13-10-18-24(29-22(13)19(35)11-21(42-29)33(5)31(43-33)28-14(2)41-28)27(38)23-17(25(18)36)9-8-16(26(23)37)20-12-32(4,34(6)7)30(39)15(3)40-20/h8-11,14-15,20,28,30-31,37,39H,12H2,1-7H3/t14-,15+,20+,28+,30+,31-,32+,33-/m0/s1. The molecule has 10 heteroatoms. The number of carbonyl (C=O) groups excluding carboxylic acids is 2. The Hall–Kier alpha value is -3.41. The maximum Gasteiger partial charge on any atom is 0.202 e. The van der Waals surface area contributed by atoms with Crippen LogP contribution in [0.15, 0.2) is 33.5 Å². The van der Waals surface area contributed by atoms with Crippen molar-refractivity contribution in [2.75, 3.05) is 14.1 Å². The van der Waals surface area contributed by atoms with Gasteiger partial charge in [0.25, 0.3) is 0 Å². The van der Waals surface area contributed by atoms with Gasteiger partial charge in [-0.3, -0.25) is 14.4 Å². The smallest absolute Gasteiger partial charge is 0.202 e. The number of aryl methyl sites for hydroxylation is 1. The number of rotatable bonds is 4. The quantitative estimate of drug-likeness (QED) is 0.340. The first-order valence-corrected chi connectivity index (χ1v) is 14.6. The number of phenolic OH excluding ortho intramolecular Hbond substituents is 1. The van der Waals surface area contributed by atoms with E-state index in [1.54, 1.807) is 19.9 Å². The van der Waals surface area contributed by atoms with Crippen LogP contribution in [-0.4, -0.2) is 76.8 Å². The SMILES string of the molecule is Cc1cc2c(c3oc([C@]4(C)O[C@H]4[C@@H]4O[C@H]4C)cc(=O)c13)C(=O)c1c(ccc([C@H]3C[C@@](C)(N(C)C)[C@H](O)[C@@H](C)O3)c1O)C2=O. The Morgan fingerprint density at radius 3 is 2.30 bits per heavy atom. The lowest BCUT2D eigenvalue weighted by Crippen LogP contribution is -2.59. The van der Waals surface area contributed by atoms with Gasteiger partial charge in [0, 0.05) is 28.3 Å². The minimum absolute atomic E-state index is 0.00242. The van der Waals surface area contributed by atoms with Gasteiger partial charge >= 0.3 is 0 Å². The minimum atomic E-state index is -0.910. The Labute approximate surface area is 248 Å². The summed E-state index contributed by atoms with van der Waals surface area (Å²) in [7, 11) is 3.74. The zero-order valence-electron chi connectivity index (χ0n) is 25.2. The molecule has 0 amide bonds. The molecule has 3 fully saturated rings. The fourth-order valence-corrected chi connectivity index (χ4v) is 7.07. The van der Waals surface area contributed by atoms with Crippen LogP contribution in [0.3, 0.4) is 0 Å². The molecule has 1 aromatic heterocycles. The highest BCUT2D eigenvalue weighted by Crippen LogP contribution is 2.53. The molecule has 0 bridgehead atoms. The van der Waals surface area contributed by atoms with Gasteiger partial charge < -0.3 is 33.7 Å². The van der Waals surface area contributed by atoms with Crippen LogP contribution in [0, 0.1) is 6.92 Å². The molecular formula is C33H35NO9. The number of benzene rings is 2. The van der Waals surface area contributed by atoms with Gasteiger partial charge in [0.1, 0.15) is 29.3 Å². The van der Waals surface area contributed by atoms with E-state index in [0.29, 0.717) is 17.5 Å². The van der Waals surface area contributed by atoms with Crippen molar-refractivity contribution in [3.63, 3.8) is 0 Å². The number of aromatic hydroxyl groups is 1. The lowest BCUT2D eigenvalue weighted by molar-refractivity contribution is -0.176. The number of carbonyl (C=O) groups is 2. The number of likely N-dealkylation sites (N-methyl/N-ethyl adjacent to an activating group) is 1. The summed E-state index contributed by atoms with van der Waals surface area (Å²) < 4.78 is 23.9. The van der Waals surface area contributed by atoms with Crippen LogP contribution in [0.5, 0.6) is 5.75 Å². The van der Waals surface area contributed by atoms with Crippen molar-refractivity contribution in [3.05, 3.63) is 73.6 Å². The maximum atomic E-state index is 14.3. The van der Waals surface area contributed by atoms with Crippen molar-refractivity contribution < 1.29 is 38.4 Å². The largest absolute Gasteiger partial charge is 0.507 e. The first-order valence-electron chi connectivity index (χ1n) is 14.6. The summed E-state index contributed by atoms with van der Waals surface area (Å²) in [6, 6.07) is 6.06. The lowest BCUT2D eigenvalue weighted by atomic mass is 9.77. The average molecular weight is 590 g/mol. The Kier molecular flexibility index (Phi) is 5.97. The molecule has 4 heterocycles. The van der Waals surface area contributed by atoms with E-state index in [-0.39, 0.29) is 68.5 Å². The highest BCUT2D eigenvalue weighted by atomic mass is 16.7. The van der Waals surface area contributed by atoms with Crippen LogP contribution in [-0.2, 0) is 19.8 Å². The highest BCUT2D eigenvalue weighted by molar-refractivity contribution is 6.32. The van der Waals surface area contributed by atoms with Gasteiger partial charge in [-0.25, -0.2) is 0 Å². The summed E-state index contributed by atoms with van der Waals surface area (Å²) in [6.45, 7) is 9.12. The third-order valence-corrected chi connectivity index (χ3v) is 10.2. The topological polar surface area (TPSA) is 142 Å². The van der Waals surface area contributed by atoms with E-state index in [1.165, 1.54) is 18.2 Å². The summed E-state index contributed by atoms with van der Waals surface area (Å²) in [4.78, 5) is 43.5. The summed E-state index contributed by atoms with van der Waals surface area (Å²) in [5.74, 6) is -1.18. The van der Waals surface area contributed by atoms with Gasteiger partial charge in [0.05, 0.1) is 40.9 Å². The van der Waals surface area contributed by atoms with Crippen LogP contribution in [0.1, 0.15) is 88.9 Å². The van der Waals surface area contributed by atoms with E-state index in [4.69, 9.17) is 18.6 Å². The van der Waals surface area contributed by atoms with Crippen molar-refractivity contribution in [1.29, 1.82) is 0 Å². The maximum absolute atomic E-state index is 14.3. The first-order chi connectivity index (χ1) is 20.2. The van der Waals surface area contributed by atoms with Crippen molar-refractivity contribution >= 4 is 22.5 Å². The zero-order valence-corrected chi connectivity index (χ0v) is 25.2. The number of phenols is 1. The molecule has 2 aromatic carbocycles. The van der Waals surface area contributed by atoms with Gasteiger partial charge in [-0.2, -0.15) is 0 Å². The molecule has 4 aliphatic rings. The van der Waals surface area contributed by atoms with Crippen LogP contribution in [0.2, 0.25) is 0 Å².